The number of hydrogen-bond donors (Lipinski definition) is 3. The van der Waals surface area contributed by atoms with Crippen molar-refractivity contribution < 1.29 is 13.9 Å². The number of benzene rings is 1. The molecule has 9 heteroatoms. The van der Waals surface area contributed by atoms with E-state index in [1.165, 1.54) is 0 Å². The molecule has 1 heterocycles. The molecule has 0 atom stereocenters. The summed E-state index contributed by atoms with van der Waals surface area (Å²) < 4.78 is 11.6. The van der Waals surface area contributed by atoms with Crippen molar-refractivity contribution in [2.75, 3.05) is 32.1 Å². The molecule has 0 fully saturated rings. The first kappa shape index (κ1) is 24.4. The third-order valence-electron chi connectivity index (χ3n) is 3.70. The first-order chi connectivity index (χ1) is 13.1. The van der Waals surface area contributed by atoms with Crippen LogP contribution in [0.3, 0.4) is 0 Å². The molecule has 0 saturated carbocycles. The van der Waals surface area contributed by atoms with Gasteiger partial charge in [-0.05, 0) is 43.2 Å². The van der Waals surface area contributed by atoms with Crippen molar-refractivity contribution in [3.05, 3.63) is 52.4 Å². The number of aryl methyl sites for hydroxylation is 1. The predicted molar refractivity (Wildman–Crippen MR) is 125 cm³/mol. The van der Waals surface area contributed by atoms with Crippen LogP contribution in [0.2, 0.25) is 0 Å². The van der Waals surface area contributed by atoms with Gasteiger partial charge in [-0.2, -0.15) is 0 Å². The maximum atomic E-state index is 12.1. The van der Waals surface area contributed by atoms with Gasteiger partial charge in [0.05, 0.1) is 12.8 Å². The lowest BCUT2D eigenvalue weighted by Crippen LogP contribution is -2.41. The molecule has 0 spiro atoms. The molecular weight excluding hydrogens is 539 g/mol. The Morgan fingerprint density at radius 3 is 2.82 bits per heavy atom. The van der Waals surface area contributed by atoms with Gasteiger partial charge < -0.3 is 25.1 Å². The van der Waals surface area contributed by atoms with Gasteiger partial charge in [-0.15, -0.1) is 24.0 Å². The van der Waals surface area contributed by atoms with E-state index in [-0.39, 0.29) is 36.4 Å². The van der Waals surface area contributed by atoms with Crippen LogP contribution in [-0.2, 0) is 16.1 Å². The fourth-order valence-corrected chi connectivity index (χ4v) is 2.62. The number of carbonyl (C=O) groups is 1. The van der Waals surface area contributed by atoms with E-state index in [9.17, 15) is 4.79 Å². The zero-order valence-corrected chi connectivity index (χ0v) is 19.9. The van der Waals surface area contributed by atoms with Crippen molar-refractivity contribution in [1.82, 2.24) is 10.6 Å². The quantitative estimate of drug-likeness (QED) is 0.187. The Kier molecular flexibility index (Phi) is 11.8. The molecule has 2 rings (SSSR count). The monoisotopic (exact) mass is 564 g/mol. The molecule has 0 aliphatic heterocycles. The summed E-state index contributed by atoms with van der Waals surface area (Å²) in [5.41, 5.74) is 1.79. The Morgan fingerprint density at radius 2 is 2.11 bits per heavy atom. The number of nitrogens with one attached hydrogen (secondary N) is 3. The second-order valence-electron chi connectivity index (χ2n) is 5.85. The average molecular weight is 565 g/mol. The molecule has 154 valence electrons. The fraction of sp³-hybridized carbons (Fsp3) is 0.368. The molecule has 0 bridgehead atoms. The third kappa shape index (κ3) is 9.07. The van der Waals surface area contributed by atoms with Crippen LogP contribution in [0, 0.1) is 6.92 Å². The molecule has 28 heavy (non-hydrogen) atoms. The Balaban J connectivity index is 0.00000392. The zero-order valence-electron chi connectivity index (χ0n) is 16.0. The summed E-state index contributed by atoms with van der Waals surface area (Å²) in [6.07, 6.45) is 2.44. The van der Waals surface area contributed by atoms with Crippen molar-refractivity contribution in [3.63, 3.8) is 0 Å². The fourth-order valence-electron chi connectivity index (χ4n) is 2.26. The largest absolute Gasteiger partial charge is 0.467 e. The van der Waals surface area contributed by atoms with E-state index in [1.807, 2.05) is 37.3 Å². The van der Waals surface area contributed by atoms with Crippen molar-refractivity contribution >= 4 is 57.5 Å². The maximum Gasteiger partial charge on any atom is 0.243 e. The van der Waals surface area contributed by atoms with E-state index < -0.39 is 0 Å². The van der Waals surface area contributed by atoms with Gasteiger partial charge in [-0.3, -0.25) is 9.79 Å². The third-order valence-corrected chi connectivity index (χ3v) is 4.19. The molecule has 1 aromatic carbocycles. The molecule has 2 aromatic rings. The number of rotatable bonds is 9. The Bertz CT molecular complexity index is 754. The number of aliphatic imine (C=N–C) groups is 1. The second kappa shape index (κ2) is 13.6. The molecular formula is C19H26BrIN4O3. The van der Waals surface area contributed by atoms with Crippen LogP contribution < -0.4 is 16.0 Å². The summed E-state index contributed by atoms with van der Waals surface area (Å²) >= 11 is 3.41. The number of guanidine groups is 1. The number of amides is 1. The van der Waals surface area contributed by atoms with Crippen LogP contribution in [0.1, 0.15) is 17.7 Å². The highest BCUT2D eigenvalue weighted by atomic mass is 127. The summed E-state index contributed by atoms with van der Waals surface area (Å²) in [6.45, 7) is 3.83. The first-order valence-corrected chi connectivity index (χ1v) is 9.48. The molecule has 1 aromatic heterocycles. The van der Waals surface area contributed by atoms with Gasteiger partial charge in [0.2, 0.25) is 5.91 Å². The summed E-state index contributed by atoms with van der Waals surface area (Å²) in [6, 6.07) is 9.48. The van der Waals surface area contributed by atoms with Crippen LogP contribution in [-0.4, -0.2) is 38.6 Å². The van der Waals surface area contributed by atoms with Gasteiger partial charge in [-0.1, -0.05) is 22.0 Å². The number of anilines is 1. The minimum atomic E-state index is -0.138. The first-order valence-electron chi connectivity index (χ1n) is 8.69. The molecule has 3 N–H and O–H groups in total. The van der Waals surface area contributed by atoms with Crippen molar-refractivity contribution in [2.24, 2.45) is 4.99 Å². The van der Waals surface area contributed by atoms with Crippen LogP contribution in [0.15, 0.2) is 50.5 Å². The van der Waals surface area contributed by atoms with Crippen LogP contribution >= 0.6 is 39.9 Å². The Morgan fingerprint density at radius 1 is 1.29 bits per heavy atom. The van der Waals surface area contributed by atoms with E-state index in [4.69, 9.17) is 9.15 Å². The van der Waals surface area contributed by atoms with Crippen molar-refractivity contribution in [1.29, 1.82) is 0 Å². The second-order valence-corrected chi connectivity index (χ2v) is 6.76. The van der Waals surface area contributed by atoms with E-state index >= 15 is 0 Å². The number of carbonyl (C=O) groups excluding carboxylic acids is 1. The standard InChI is InChI=1S/C19H25BrN4O3.HI/c1-14-6-7-15(20)11-17(14)24-18(25)12-23-19(21-2)22-8-4-9-26-13-16-5-3-10-27-16;/h3,5-7,10-11H,4,8-9,12-13H2,1-2H3,(H,24,25)(H2,21,22,23);1H. The van der Waals surface area contributed by atoms with Gasteiger partial charge in [0, 0.05) is 30.4 Å². The highest BCUT2D eigenvalue weighted by molar-refractivity contribution is 14.0. The maximum absolute atomic E-state index is 12.1. The molecule has 0 unspecified atom stereocenters. The van der Waals surface area contributed by atoms with Crippen LogP contribution in [0.5, 0.6) is 0 Å². The highest BCUT2D eigenvalue weighted by Crippen LogP contribution is 2.20. The SMILES string of the molecule is CN=C(NCCCOCc1ccco1)NCC(=O)Nc1cc(Br)ccc1C.I. The van der Waals surface area contributed by atoms with Crippen LogP contribution in [0.4, 0.5) is 5.69 Å². The van der Waals surface area contributed by atoms with E-state index in [2.05, 4.69) is 36.9 Å². The van der Waals surface area contributed by atoms with Crippen molar-refractivity contribution in [3.8, 4) is 0 Å². The Hall–Kier alpha value is -1.59. The van der Waals surface area contributed by atoms with E-state index in [1.54, 1.807) is 13.3 Å². The average Bonchev–Trinajstić information content (AvgIpc) is 3.17. The lowest BCUT2D eigenvalue weighted by Gasteiger charge is -2.13. The normalized spacial score (nSPS) is 10.9. The van der Waals surface area contributed by atoms with Crippen LogP contribution in [0.25, 0.3) is 0 Å². The topological polar surface area (TPSA) is 87.9 Å². The van der Waals surface area contributed by atoms with E-state index in [0.717, 1.165) is 27.9 Å². The zero-order chi connectivity index (χ0) is 19.5. The molecule has 0 saturated heterocycles. The minimum Gasteiger partial charge on any atom is -0.467 e. The van der Waals surface area contributed by atoms with Gasteiger partial charge in [0.25, 0.3) is 0 Å². The van der Waals surface area contributed by atoms with Gasteiger partial charge >= 0.3 is 0 Å². The lowest BCUT2D eigenvalue weighted by molar-refractivity contribution is -0.115. The van der Waals surface area contributed by atoms with Gasteiger partial charge in [0.1, 0.15) is 12.4 Å². The number of hydrogen-bond acceptors (Lipinski definition) is 4. The van der Waals surface area contributed by atoms with Gasteiger partial charge in [-0.25, -0.2) is 0 Å². The molecule has 0 aliphatic carbocycles. The van der Waals surface area contributed by atoms with E-state index in [0.29, 0.717) is 25.7 Å². The summed E-state index contributed by atoms with van der Waals surface area (Å²) in [7, 11) is 1.67. The summed E-state index contributed by atoms with van der Waals surface area (Å²) in [4.78, 5) is 16.2. The highest BCUT2D eigenvalue weighted by Gasteiger charge is 2.06. The molecule has 1 amide bonds. The molecule has 7 nitrogen and oxygen atoms in total. The number of halogens is 2. The summed E-state index contributed by atoms with van der Waals surface area (Å²) in [5.74, 6) is 1.25. The minimum absolute atomic E-state index is 0. The Labute approximate surface area is 190 Å². The molecule has 0 aliphatic rings. The number of nitrogens with zero attached hydrogens (tertiary/aromatic N) is 1. The van der Waals surface area contributed by atoms with Crippen molar-refractivity contribution in [2.45, 2.75) is 20.0 Å². The predicted octanol–water partition coefficient (Wildman–Crippen LogP) is 3.68. The molecule has 0 radical (unpaired) electrons. The number of ether oxygens (including phenoxy) is 1. The van der Waals surface area contributed by atoms with Gasteiger partial charge in [0.15, 0.2) is 5.96 Å². The number of furan rings is 1. The smallest absolute Gasteiger partial charge is 0.243 e. The lowest BCUT2D eigenvalue weighted by atomic mass is 10.2. The summed E-state index contributed by atoms with van der Waals surface area (Å²) in [5, 5.41) is 9.03.